The summed E-state index contributed by atoms with van der Waals surface area (Å²) in [6.45, 7) is 0. The van der Waals surface area contributed by atoms with Crippen molar-refractivity contribution in [3.8, 4) is 11.5 Å². The van der Waals surface area contributed by atoms with Crippen LogP contribution in [-0.4, -0.2) is 34.6 Å². The van der Waals surface area contributed by atoms with Gasteiger partial charge in [-0.1, -0.05) is 30.3 Å². The number of nitrogens with one attached hydrogen (secondary N) is 2. The van der Waals surface area contributed by atoms with Crippen LogP contribution >= 0.6 is 27.3 Å². The fraction of sp³-hybridized carbons (Fsp3) is 0.190. The minimum Gasteiger partial charge on any atom is -0.497 e. The van der Waals surface area contributed by atoms with E-state index in [1.807, 2.05) is 30.3 Å². The maximum absolute atomic E-state index is 13.2. The molecule has 1 amide bonds. The van der Waals surface area contributed by atoms with Crippen molar-refractivity contribution in [1.29, 1.82) is 0 Å². The van der Waals surface area contributed by atoms with Crippen LogP contribution in [0.25, 0.3) is 0 Å². The number of anilines is 1. The number of hydrogen-bond acceptors (Lipinski definition) is 6. The van der Waals surface area contributed by atoms with E-state index < -0.39 is 22.0 Å². The molecule has 0 aliphatic rings. The lowest BCUT2D eigenvalue weighted by molar-refractivity contribution is -0.117. The van der Waals surface area contributed by atoms with E-state index in [1.165, 1.54) is 20.3 Å². The highest BCUT2D eigenvalue weighted by Crippen LogP contribution is 2.30. The van der Waals surface area contributed by atoms with Gasteiger partial charge in [-0.05, 0) is 52.2 Å². The average Bonchev–Trinajstić information content (AvgIpc) is 3.21. The molecule has 0 fully saturated rings. The first kappa shape index (κ1) is 23.3. The highest BCUT2D eigenvalue weighted by molar-refractivity contribution is 9.11. The number of halogens is 1. The van der Waals surface area contributed by atoms with Crippen LogP contribution < -0.4 is 19.5 Å². The van der Waals surface area contributed by atoms with Crippen molar-refractivity contribution in [3.05, 3.63) is 70.0 Å². The SMILES string of the molecule is COc1ccc(OC)c(NC(=O)C(Cc2ccccc2)NS(=O)(=O)c2ccc(Br)s2)c1. The van der Waals surface area contributed by atoms with E-state index in [0.29, 0.717) is 21.0 Å². The van der Waals surface area contributed by atoms with Gasteiger partial charge in [0.1, 0.15) is 21.8 Å². The monoisotopic (exact) mass is 524 g/mol. The summed E-state index contributed by atoms with van der Waals surface area (Å²) in [7, 11) is -0.908. The summed E-state index contributed by atoms with van der Waals surface area (Å²) in [5.41, 5.74) is 1.19. The highest BCUT2D eigenvalue weighted by atomic mass is 79.9. The Kier molecular flexibility index (Phi) is 7.71. The molecule has 0 saturated carbocycles. The Hall–Kier alpha value is -2.40. The van der Waals surface area contributed by atoms with E-state index in [0.717, 1.165) is 16.9 Å². The third-order valence-corrected chi connectivity index (χ3v) is 7.96. The maximum atomic E-state index is 13.2. The summed E-state index contributed by atoms with van der Waals surface area (Å²) in [6.07, 6.45) is 0.171. The van der Waals surface area contributed by atoms with Gasteiger partial charge in [0, 0.05) is 6.07 Å². The minimum absolute atomic E-state index is 0.115. The largest absolute Gasteiger partial charge is 0.497 e. The van der Waals surface area contributed by atoms with Crippen LogP contribution in [0.3, 0.4) is 0 Å². The predicted molar refractivity (Wildman–Crippen MR) is 124 cm³/mol. The highest BCUT2D eigenvalue weighted by Gasteiger charge is 2.28. The summed E-state index contributed by atoms with van der Waals surface area (Å²) < 4.78 is 39.6. The molecule has 0 saturated heterocycles. The number of methoxy groups -OCH3 is 2. The standard InChI is InChI=1S/C21H21BrN2O5S2/c1-28-15-8-9-18(29-2)16(13-15)23-21(25)17(12-14-6-4-3-5-7-14)24-31(26,27)20-11-10-19(22)30-20/h3-11,13,17,24H,12H2,1-2H3,(H,23,25). The first-order valence-electron chi connectivity index (χ1n) is 9.17. The van der Waals surface area contributed by atoms with E-state index in [2.05, 4.69) is 26.0 Å². The van der Waals surface area contributed by atoms with Crippen molar-refractivity contribution < 1.29 is 22.7 Å². The van der Waals surface area contributed by atoms with Gasteiger partial charge in [-0.15, -0.1) is 11.3 Å². The van der Waals surface area contributed by atoms with Gasteiger partial charge in [-0.3, -0.25) is 4.79 Å². The summed E-state index contributed by atoms with van der Waals surface area (Å²) in [4.78, 5) is 13.2. The molecule has 2 aromatic carbocycles. The van der Waals surface area contributed by atoms with Gasteiger partial charge in [0.05, 0.1) is 23.7 Å². The summed E-state index contributed by atoms with van der Waals surface area (Å²) >= 11 is 4.34. The number of sulfonamides is 1. The zero-order valence-electron chi connectivity index (χ0n) is 16.8. The lowest BCUT2D eigenvalue weighted by atomic mass is 10.1. The van der Waals surface area contributed by atoms with Crippen LogP contribution in [0.5, 0.6) is 11.5 Å². The number of hydrogen-bond donors (Lipinski definition) is 2. The molecule has 1 aromatic heterocycles. The van der Waals surface area contributed by atoms with Gasteiger partial charge in [-0.2, -0.15) is 4.72 Å². The fourth-order valence-corrected chi connectivity index (χ4v) is 6.08. The third-order valence-electron chi connectivity index (χ3n) is 4.37. The molecule has 1 heterocycles. The van der Waals surface area contributed by atoms with Gasteiger partial charge in [0.25, 0.3) is 10.0 Å². The number of carbonyl (C=O) groups excluding carboxylic acids is 1. The Labute approximate surface area is 193 Å². The minimum atomic E-state index is -3.90. The van der Waals surface area contributed by atoms with E-state index in [-0.39, 0.29) is 10.6 Å². The second-order valence-corrected chi connectivity index (χ2v) is 10.9. The maximum Gasteiger partial charge on any atom is 0.250 e. The fourth-order valence-electron chi connectivity index (χ4n) is 2.86. The second kappa shape index (κ2) is 10.3. The van der Waals surface area contributed by atoms with Gasteiger partial charge < -0.3 is 14.8 Å². The quantitative estimate of drug-likeness (QED) is 0.440. The molecule has 1 atom stereocenters. The first-order chi connectivity index (χ1) is 14.8. The smallest absolute Gasteiger partial charge is 0.250 e. The van der Waals surface area contributed by atoms with Crippen LogP contribution in [0.15, 0.2) is 68.7 Å². The summed E-state index contributed by atoms with van der Waals surface area (Å²) in [5, 5.41) is 2.76. The van der Waals surface area contributed by atoms with Crippen LogP contribution in [0.4, 0.5) is 5.69 Å². The molecule has 1 unspecified atom stereocenters. The third kappa shape index (κ3) is 6.07. The molecule has 7 nitrogen and oxygen atoms in total. The molecule has 0 radical (unpaired) electrons. The van der Waals surface area contributed by atoms with E-state index in [4.69, 9.17) is 9.47 Å². The number of rotatable bonds is 9. The van der Waals surface area contributed by atoms with Crippen molar-refractivity contribution in [2.24, 2.45) is 0 Å². The normalized spacial score (nSPS) is 12.2. The van der Waals surface area contributed by atoms with Gasteiger partial charge >= 0.3 is 0 Å². The number of carbonyl (C=O) groups is 1. The molecule has 164 valence electrons. The topological polar surface area (TPSA) is 93.7 Å². The van der Waals surface area contributed by atoms with Gasteiger partial charge in [0.2, 0.25) is 5.91 Å². The lowest BCUT2D eigenvalue weighted by Gasteiger charge is -2.19. The van der Waals surface area contributed by atoms with Crippen LogP contribution in [-0.2, 0) is 21.2 Å². The zero-order valence-corrected chi connectivity index (χ0v) is 20.0. The first-order valence-corrected chi connectivity index (χ1v) is 12.3. The van der Waals surface area contributed by atoms with Crippen molar-refractivity contribution in [3.63, 3.8) is 0 Å². The van der Waals surface area contributed by atoms with Crippen LogP contribution in [0.2, 0.25) is 0 Å². The second-order valence-electron chi connectivity index (χ2n) is 6.48. The van der Waals surface area contributed by atoms with Crippen molar-refractivity contribution >= 4 is 48.9 Å². The number of amides is 1. The summed E-state index contributed by atoms with van der Waals surface area (Å²) in [5.74, 6) is 0.437. The molecule has 10 heteroatoms. The van der Waals surface area contributed by atoms with E-state index >= 15 is 0 Å². The molecule has 3 rings (SSSR count). The van der Waals surface area contributed by atoms with Crippen LogP contribution in [0.1, 0.15) is 5.56 Å². The molecule has 3 aromatic rings. The van der Waals surface area contributed by atoms with Crippen molar-refractivity contribution in [1.82, 2.24) is 4.72 Å². The number of thiophene rings is 1. The number of benzene rings is 2. The Balaban J connectivity index is 1.89. The molecular weight excluding hydrogens is 504 g/mol. The van der Waals surface area contributed by atoms with Crippen molar-refractivity contribution in [2.45, 2.75) is 16.7 Å². The molecule has 2 N–H and O–H groups in total. The van der Waals surface area contributed by atoms with Crippen LogP contribution in [0, 0.1) is 0 Å². The molecule has 0 spiro atoms. The van der Waals surface area contributed by atoms with E-state index in [1.54, 1.807) is 24.3 Å². The Morgan fingerprint density at radius 2 is 1.81 bits per heavy atom. The molecule has 0 aliphatic carbocycles. The number of ether oxygens (including phenoxy) is 2. The Morgan fingerprint density at radius 1 is 1.06 bits per heavy atom. The van der Waals surface area contributed by atoms with Crippen molar-refractivity contribution in [2.75, 3.05) is 19.5 Å². The lowest BCUT2D eigenvalue weighted by Crippen LogP contribution is -2.45. The van der Waals surface area contributed by atoms with Gasteiger partial charge in [0.15, 0.2) is 0 Å². The molecule has 0 aliphatic heterocycles. The van der Waals surface area contributed by atoms with E-state index in [9.17, 15) is 13.2 Å². The zero-order chi connectivity index (χ0) is 22.4. The Bertz CT molecular complexity index is 1150. The molecule has 31 heavy (non-hydrogen) atoms. The predicted octanol–water partition coefficient (Wildman–Crippen LogP) is 4.06. The summed E-state index contributed by atoms with van der Waals surface area (Å²) in [6, 6.07) is 16.2. The van der Waals surface area contributed by atoms with Gasteiger partial charge in [-0.25, -0.2) is 8.42 Å². The molecule has 0 bridgehead atoms. The Morgan fingerprint density at radius 3 is 2.42 bits per heavy atom. The molecular formula is C21H21BrN2O5S2. The average molecular weight is 525 g/mol.